The van der Waals surface area contributed by atoms with Gasteiger partial charge in [-0.3, -0.25) is 4.99 Å². The summed E-state index contributed by atoms with van der Waals surface area (Å²) in [5.41, 5.74) is 1.43. The summed E-state index contributed by atoms with van der Waals surface area (Å²) < 4.78 is 0. The summed E-state index contributed by atoms with van der Waals surface area (Å²) in [6.07, 6.45) is 0. The van der Waals surface area contributed by atoms with Gasteiger partial charge >= 0.3 is 0 Å². The average molecular weight is 194 g/mol. The SMILES string of the molecule is CN=C(Cl)Nc1ccc(C#N)cc1. The fourth-order valence-corrected chi connectivity index (χ4v) is 0.912. The zero-order valence-electron chi connectivity index (χ0n) is 7.08. The molecule has 66 valence electrons. The predicted octanol–water partition coefficient (Wildman–Crippen LogP) is 2.19. The lowest BCUT2D eigenvalue weighted by molar-refractivity contribution is 1.44. The molecule has 0 aromatic heterocycles. The molecule has 0 unspecified atom stereocenters. The van der Waals surface area contributed by atoms with Crippen LogP contribution in [0.4, 0.5) is 5.69 Å². The number of aliphatic imine (C=N–C) groups is 1. The van der Waals surface area contributed by atoms with Gasteiger partial charge in [0.25, 0.3) is 0 Å². The molecular formula is C9H8ClN3. The molecule has 0 atom stereocenters. The molecule has 0 amide bonds. The zero-order chi connectivity index (χ0) is 9.68. The van der Waals surface area contributed by atoms with Crippen LogP contribution in [-0.4, -0.2) is 12.3 Å². The highest BCUT2D eigenvalue weighted by molar-refractivity contribution is 6.67. The van der Waals surface area contributed by atoms with Crippen LogP contribution >= 0.6 is 11.6 Å². The van der Waals surface area contributed by atoms with Gasteiger partial charge < -0.3 is 5.32 Å². The largest absolute Gasteiger partial charge is 0.331 e. The third-order valence-corrected chi connectivity index (χ3v) is 1.72. The van der Waals surface area contributed by atoms with Gasteiger partial charge in [-0.25, -0.2) is 0 Å². The maximum Gasteiger partial charge on any atom is 0.195 e. The van der Waals surface area contributed by atoms with E-state index in [0.29, 0.717) is 10.9 Å². The van der Waals surface area contributed by atoms with Gasteiger partial charge in [0.1, 0.15) is 0 Å². The van der Waals surface area contributed by atoms with Crippen LogP contribution in [-0.2, 0) is 0 Å². The van der Waals surface area contributed by atoms with Crippen molar-refractivity contribution in [2.24, 2.45) is 4.99 Å². The van der Waals surface area contributed by atoms with Gasteiger partial charge in [0, 0.05) is 12.7 Å². The van der Waals surface area contributed by atoms with E-state index in [-0.39, 0.29) is 0 Å². The van der Waals surface area contributed by atoms with E-state index in [9.17, 15) is 0 Å². The van der Waals surface area contributed by atoms with Crippen molar-refractivity contribution in [1.82, 2.24) is 0 Å². The van der Waals surface area contributed by atoms with Crippen molar-refractivity contribution in [3.05, 3.63) is 29.8 Å². The van der Waals surface area contributed by atoms with Crippen molar-refractivity contribution >= 4 is 22.6 Å². The molecule has 0 aliphatic heterocycles. The minimum atomic E-state index is 0.324. The van der Waals surface area contributed by atoms with Crippen LogP contribution in [0.2, 0.25) is 0 Å². The summed E-state index contributed by atoms with van der Waals surface area (Å²) in [5.74, 6) is 0. The first-order valence-electron chi connectivity index (χ1n) is 3.65. The molecule has 4 heteroatoms. The third-order valence-electron chi connectivity index (χ3n) is 1.46. The molecular weight excluding hydrogens is 186 g/mol. The number of nitrogens with one attached hydrogen (secondary N) is 1. The molecule has 0 aliphatic rings. The van der Waals surface area contributed by atoms with Gasteiger partial charge in [-0.2, -0.15) is 5.26 Å². The average Bonchev–Trinajstić information content (AvgIpc) is 2.19. The van der Waals surface area contributed by atoms with E-state index in [1.807, 2.05) is 6.07 Å². The summed E-state index contributed by atoms with van der Waals surface area (Å²) >= 11 is 5.65. The molecule has 0 heterocycles. The van der Waals surface area contributed by atoms with E-state index in [1.165, 1.54) is 0 Å². The van der Waals surface area contributed by atoms with Crippen LogP contribution in [0.5, 0.6) is 0 Å². The monoisotopic (exact) mass is 193 g/mol. The highest BCUT2D eigenvalue weighted by Gasteiger charge is 1.94. The standard InChI is InChI=1S/C9H8ClN3/c1-12-9(10)13-8-4-2-7(6-11)3-5-8/h2-5H,1H3,(H,12,13). The molecule has 0 radical (unpaired) electrons. The van der Waals surface area contributed by atoms with Crippen molar-refractivity contribution in [2.45, 2.75) is 0 Å². The number of nitrogens with zero attached hydrogens (tertiary/aromatic N) is 2. The second-order valence-electron chi connectivity index (χ2n) is 2.33. The number of hydrogen-bond donors (Lipinski definition) is 1. The number of anilines is 1. The molecule has 1 aromatic rings. The van der Waals surface area contributed by atoms with Crippen molar-refractivity contribution < 1.29 is 0 Å². The fraction of sp³-hybridized carbons (Fsp3) is 0.111. The second kappa shape index (κ2) is 4.48. The van der Waals surface area contributed by atoms with Crippen molar-refractivity contribution in [3.8, 4) is 6.07 Å². The van der Waals surface area contributed by atoms with E-state index in [4.69, 9.17) is 16.9 Å². The first-order valence-corrected chi connectivity index (χ1v) is 4.03. The Morgan fingerprint density at radius 1 is 1.46 bits per heavy atom. The van der Waals surface area contributed by atoms with Gasteiger partial charge in [-0.05, 0) is 35.9 Å². The van der Waals surface area contributed by atoms with E-state index >= 15 is 0 Å². The Bertz CT molecular complexity index is 348. The lowest BCUT2D eigenvalue weighted by atomic mass is 10.2. The van der Waals surface area contributed by atoms with Gasteiger partial charge in [-0.15, -0.1) is 0 Å². The van der Waals surface area contributed by atoms with E-state index in [0.717, 1.165) is 5.69 Å². The van der Waals surface area contributed by atoms with Crippen molar-refractivity contribution in [2.75, 3.05) is 12.4 Å². The Morgan fingerprint density at radius 3 is 2.54 bits per heavy atom. The molecule has 3 nitrogen and oxygen atoms in total. The van der Waals surface area contributed by atoms with Crippen LogP contribution in [0.15, 0.2) is 29.3 Å². The topological polar surface area (TPSA) is 48.2 Å². The first kappa shape index (κ1) is 9.56. The van der Waals surface area contributed by atoms with E-state index in [2.05, 4.69) is 10.3 Å². The van der Waals surface area contributed by atoms with Gasteiger partial charge in [0.05, 0.1) is 11.6 Å². The Labute approximate surface area is 81.7 Å². The van der Waals surface area contributed by atoms with Crippen LogP contribution in [0.1, 0.15) is 5.56 Å². The number of hydrogen-bond acceptors (Lipinski definition) is 2. The maximum absolute atomic E-state index is 8.54. The van der Waals surface area contributed by atoms with Crippen LogP contribution in [0.25, 0.3) is 0 Å². The number of nitriles is 1. The minimum absolute atomic E-state index is 0.324. The lowest BCUT2D eigenvalue weighted by Gasteiger charge is -2.01. The molecule has 13 heavy (non-hydrogen) atoms. The number of halogens is 1. The molecule has 0 saturated carbocycles. The maximum atomic E-state index is 8.54. The van der Waals surface area contributed by atoms with E-state index < -0.39 is 0 Å². The quantitative estimate of drug-likeness (QED) is 0.422. The summed E-state index contributed by atoms with van der Waals surface area (Å²) in [6, 6.07) is 8.99. The van der Waals surface area contributed by atoms with E-state index in [1.54, 1.807) is 31.3 Å². The van der Waals surface area contributed by atoms with Crippen molar-refractivity contribution in [1.29, 1.82) is 5.26 Å². The summed E-state index contributed by atoms with van der Waals surface area (Å²) in [7, 11) is 1.60. The van der Waals surface area contributed by atoms with Gasteiger partial charge in [-0.1, -0.05) is 0 Å². The van der Waals surface area contributed by atoms with Crippen LogP contribution < -0.4 is 5.32 Å². The Balaban J connectivity index is 2.77. The predicted molar refractivity (Wildman–Crippen MR) is 54.0 cm³/mol. The first-order chi connectivity index (χ1) is 6.26. The molecule has 0 saturated heterocycles. The second-order valence-corrected chi connectivity index (χ2v) is 2.69. The van der Waals surface area contributed by atoms with Crippen molar-refractivity contribution in [3.63, 3.8) is 0 Å². The molecule has 0 bridgehead atoms. The molecule has 1 rings (SSSR count). The summed E-state index contributed by atoms with van der Waals surface area (Å²) in [5, 5.41) is 11.7. The Morgan fingerprint density at radius 2 is 2.08 bits per heavy atom. The van der Waals surface area contributed by atoms with Crippen LogP contribution in [0, 0.1) is 11.3 Å². The molecule has 0 fully saturated rings. The normalized spacial score (nSPS) is 10.7. The molecule has 1 aromatic carbocycles. The van der Waals surface area contributed by atoms with Crippen LogP contribution in [0.3, 0.4) is 0 Å². The zero-order valence-corrected chi connectivity index (χ0v) is 7.84. The third kappa shape index (κ3) is 2.77. The van der Waals surface area contributed by atoms with Gasteiger partial charge in [0.15, 0.2) is 5.29 Å². The number of amidine groups is 1. The smallest absolute Gasteiger partial charge is 0.195 e. The fourth-order valence-electron chi connectivity index (χ4n) is 0.803. The highest BCUT2D eigenvalue weighted by Crippen LogP contribution is 2.09. The van der Waals surface area contributed by atoms with Gasteiger partial charge in [0.2, 0.25) is 0 Å². The molecule has 0 aliphatic carbocycles. The summed E-state index contributed by atoms with van der Waals surface area (Å²) in [6.45, 7) is 0. The number of benzene rings is 1. The Hall–Kier alpha value is -1.53. The summed E-state index contributed by atoms with van der Waals surface area (Å²) in [4.78, 5) is 3.73. The highest BCUT2D eigenvalue weighted by atomic mass is 35.5. The Kier molecular flexibility index (Phi) is 3.30. The molecule has 0 spiro atoms. The lowest BCUT2D eigenvalue weighted by Crippen LogP contribution is -2.03. The minimum Gasteiger partial charge on any atom is -0.331 e. The molecule has 1 N–H and O–H groups in total. The number of rotatable bonds is 1.